The number of rotatable bonds is 6. The molecule has 0 saturated heterocycles. The van der Waals surface area contributed by atoms with E-state index in [4.69, 9.17) is 0 Å². The molecule has 15 heavy (non-hydrogen) atoms. The predicted octanol–water partition coefficient (Wildman–Crippen LogP) is 3.02. The van der Waals surface area contributed by atoms with Gasteiger partial charge in [-0.3, -0.25) is 0 Å². The van der Waals surface area contributed by atoms with Crippen molar-refractivity contribution in [3.63, 3.8) is 0 Å². The number of nitrogens with zero attached hydrogens (tertiary/aromatic N) is 1. The topological polar surface area (TPSA) is 24.9 Å². The van der Waals surface area contributed by atoms with Crippen molar-refractivity contribution in [2.24, 2.45) is 5.92 Å². The summed E-state index contributed by atoms with van der Waals surface area (Å²) in [6.07, 6.45) is 2.30. The second-order valence-electron chi connectivity index (χ2n) is 4.26. The molecule has 1 heterocycles. The minimum Gasteiger partial charge on any atom is -0.314 e. The van der Waals surface area contributed by atoms with E-state index in [9.17, 15) is 0 Å². The van der Waals surface area contributed by atoms with Crippen LogP contribution >= 0.6 is 11.3 Å². The van der Waals surface area contributed by atoms with Crippen LogP contribution in [0.15, 0.2) is 5.38 Å². The summed E-state index contributed by atoms with van der Waals surface area (Å²) in [6.45, 7) is 9.90. The summed E-state index contributed by atoms with van der Waals surface area (Å²) in [5.41, 5.74) is 1.14. The molecule has 0 aliphatic rings. The molecule has 0 saturated carbocycles. The maximum Gasteiger partial charge on any atom is 0.0940 e. The van der Waals surface area contributed by atoms with Crippen LogP contribution in [-0.2, 0) is 6.42 Å². The van der Waals surface area contributed by atoms with E-state index in [1.165, 1.54) is 11.4 Å². The Morgan fingerprint density at radius 1 is 1.47 bits per heavy atom. The molecule has 0 aromatic carbocycles. The highest BCUT2D eigenvalue weighted by atomic mass is 32.1. The molecule has 0 aliphatic carbocycles. The highest BCUT2D eigenvalue weighted by Gasteiger charge is 2.08. The van der Waals surface area contributed by atoms with Crippen molar-refractivity contribution in [3.05, 3.63) is 16.1 Å². The predicted molar refractivity (Wildman–Crippen MR) is 67.5 cm³/mol. The maximum absolute atomic E-state index is 4.45. The van der Waals surface area contributed by atoms with Gasteiger partial charge in [-0.25, -0.2) is 4.98 Å². The van der Waals surface area contributed by atoms with E-state index < -0.39 is 0 Å². The largest absolute Gasteiger partial charge is 0.314 e. The van der Waals surface area contributed by atoms with Gasteiger partial charge in [-0.05, 0) is 19.8 Å². The van der Waals surface area contributed by atoms with Crippen LogP contribution in [0.2, 0.25) is 0 Å². The highest BCUT2D eigenvalue weighted by molar-refractivity contribution is 7.09. The van der Waals surface area contributed by atoms with Gasteiger partial charge in [0.15, 0.2) is 0 Å². The fourth-order valence-corrected chi connectivity index (χ4v) is 2.25. The molecule has 1 rings (SSSR count). The zero-order valence-corrected chi connectivity index (χ0v) is 11.0. The van der Waals surface area contributed by atoms with Crippen LogP contribution in [-0.4, -0.2) is 17.6 Å². The third kappa shape index (κ3) is 4.31. The number of nitrogens with one attached hydrogen (secondary N) is 1. The van der Waals surface area contributed by atoms with Gasteiger partial charge in [-0.15, -0.1) is 11.3 Å². The molecule has 2 unspecified atom stereocenters. The smallest absolute Gasteiger partial charge is 0.0940 e. The van der Waals surface area contributed by atoms with Gasteiger partial charge >= 0.3 is 0 Å². The maximum atomic E-state index is 4.45. The lowest BCUT2D eigenvalue weighted by Crippen LogP contribution is -2.33. The molecule has 0 bridgehead atoms. The normalized spacial score (nSPS) is 15.2. The van der Waals surface area contributed by atoms with Crippen molar-refractivity contribution in [2.45, 2.75) is 46.6 Å². The fraction of sp³-hybridized carbons (Fsp3) is 0.750. The molecular formula is C12H22N2S. The summed E-state index contributed by atoms with van der Waals surface area (Å²) in [5, 5.41) is 6.92. The zero-order chi connectivity index (χ0) is 11.3. The van der Waals surface area contributed by atoms with Crippen LogP contribution < -0.4 is 5.32 Å². The molecule has 3 heteroatoms. The van der Waals surface area contributed by atoms with Crippen molar-refractivity contribution >= 4 is 11.3 Å². The Morgan fingerprint density at radius 2 is 2.20 bits per heavy atom. The van der Waals surface area contributed by atoms with Crippen LogP contribution in [0.4, 0.5) is 0 Å². The Bertz CT molecular complexity index is 283. The number of thiazole rings is 1. The lowest BCUT2D eigenvalue weighted by atomic mass is 10.0. The molecule has 2 nitrogen and oxygen atoms in total. The number of hydrogen-bond donors (Lipinski definition) is 1. The summed E-state index contributed by atoms with van der Waals surface area (Å²) in [7, 11) is 0. The molecule has 1 aromatic rings. The first-order chi connectivity index (χ1) is 7.13. The van der Waals surface area contributed by atoms with Gasteiger partial charge in [0, 0.05) is 30.1 Å². The average Bonchev–Trinajstić information content (AvgIpc) is 2.63. The summed E-state index contributed by atoms with van der Waals surface area (Å²) < 4.78 is 0. The van der Waals surface area contributed by atoms with Gasteiger partial charge in [0.25, 0.3) is 0 Å². The minimum absolute atomic E-state index is 0.607. The van der Waals surface area contributed by atoms with E-state index >= 15 is 0 Å². The van der Waals surface area contributed by atoms with E-state index in [2.05, 4.69) is 43.4 Å². The molecule has 1 N–H and O–H groups in total. The van der Waals surface area contributed by atoms with Gasteiger partial charge in [0.1, 0.15) is 0 Å². The number of hydrogen-bond acceptors (Lipinski definition) is 3. The molecule has 1 aromatic heterocycles. The monoisotopic (exact) mass is 226 g/mol. The van der Waals surface area contributed by atoms with Gasteiger partial charge < -0.3 is 5.32 Å². The van der Waals surface area contributed by atoms with Gasteiger partial charge in [-0.1, -0.05) is 20.3 Å². The highest BCUT2D eigenvalue weighted by Crippen LogP contribution is 2.10. The van der Waals surface area contributed by atoms with Crippen molar-refractivity contribution in [2.75, 3.05) is 6.54 Å². The minimum atomic E-state index is 0.607. The van der Waals surface area contributed by atoms with Gasteiger partial charge in [0.2, 0.25) is 0 Å². The van der Waals surface area contributed by atoms with E-state index in [0.717, 1.165) is 24.6 Å². The molecule has 0 radical (unpaired) electrons. The van der Waals surface area contributed by atoms with E-state index in [1.807, 2.05) is 0 Å². The first-order valence-corrected chi connectivity index (χ1v) is 6.65. The molecule has 86 valence electrons. The Hall–Kier alpha value is -0.410. The van der Waals surface area contributed by atoms with Gasteiger partial charge in [-0.2, -0.15) is 0 Å². The molecule has 0 fully saturated rings. The first-order valence-electron chi connectivity index (χ1n) is 5.77. The van der Waals surface area contributed by atoms with E-state index in [1.54, 1.807) is 11.3 Å². The third-order valence-electron chi connectivity index (χ3n) is 2.97. The SMILES string of the molecule is CCC(C)C(C)NCCc1nc(C)cs1. The van der Waals surface area contributed by atoms with E-state index in [-0.39, 0.29) is 0 Å². The Kier molecular flexibility index (Phi) is 5.26. The quantitative estimate of drug-likeness (QED) is 0.806. The Balaban J connectivity index is 2.21. The van der Waals surface area contributed by atoms with Crippen molar-refractivity contribution in [1.82, 2.24) is 10.3 Å². The fourth-order valence-electron chi connectivity index (χ4n) is 1.48. The molecule has 2 atom stereocenters. The summed E-state index contributed by atoms with van der Waals surface area (Å²) in [6, 6.07) is 0.607. The second-order valence-corrected chi connectivity index (χ2v) is 5.20. The van der Waals surface area contributed by atoms with Gasteiger partial charge in [0.05, 0.1) is 5.01 Å². The average molecular weight is 226 g/mol. The Morgan fingerprint density at radius 3 is 2.73 bits per heavy atom. The lowest BCUT2D eigenvalue weighted by molar-refractivity contribution is 0.393. The van der Waals surface area contributed by atoms with Crippen LogP contribution in [0, 0.1) is 12.8 Å². The Labute approximate surface area is 97.1 Å². The van der Waals surface area contributed by atoms with Crippen LogP contribution in [0.3, 0.4) is 0 Å². The summed E-state index contributed by atoms with van der Waals surface area (Å²) in [4.78, 5) is 4.45. The van der Waals surface area contributed by atoms with Crippen LogP contribution in [0.1, 0.15) is 37.9 Å². The summed E-state index contributed by atoms with van der Waals surface area (Å²) in [5.74, 6) is 0.753. The lowest BCUT2D eigenvalue weighted by Gasteiger charge is -2.19. The molecule has 0 amide bonds. The molecular weight excluding hydrogens is 204 g/mol. The molecule has 0 aliphatic heterocycles. The van der Waals surface area contributed by atoms with E-state index in [0.29, 0.717) is 6.04 Å². The number of aryl methyl sites for hydroxylation is 1. The number of aromatic nitrogens is 1. The van der Waals surface area contributed by atoms with Crippen molar-refractivity contribution in [1.29, 1.82) is 0 Å². The standard InChI is InChI=1S/C12H22N2S/c1-5-9(2)11(4)13-7-6-12-14-10(3)8-15-12/h8-9,11,13H,5-7H2,1-4H3. The third-order valence-corrected chi connectivity index (χ3v) is 4.00. The van der Waals surface area contributed by atoms with Crippen LogP contribution in [0.25, 0.3) is 0 Å². The molecule has 0 spiro atoms. The summed E-state index contributed by atoms with van der Waals surface area (Å²) >= 11 is 1.76. The van der Waals surface area contributed by atoms with Crippen LogP contribution in [0.5, 0.6) is 0 Å². The first kappa shape index (κ1) is 12.7. The second kappa shape index (κ2) is 6.23. The van der Waals surface area contributed by atoms with Crippen molar-refractivity contribution < 1.29 is 0 Å². The zero-order valence-electron chi connectivity index (χ0n) is 10.2. The van der Waals surface area contributed by atoms with Crippen molar-refractivity contribution in [3.8, 4) is 0 Å².